The van der Waals surface area contributed by atoms with Gasteiger partial charge in [0.1, 0.15) is 5.78 Å². The average molecular weight is 210 g/mol. The number of hydrogen-bond acceptors (Lipinski definition) is 2. The van der Waals surface area contributed by atoms with Gasteiger partial charge in [-0.2, -0.15) is 0 Å². The van der Waals surface area contributed by atoms with Crippen LogP contribution in [0.5, 0.6) is 0 Å². The number of Topliss-reactive ketones (excluding diaryl/α,β-unsaturated/α-hetero) is 1. The molecule has 2 fully saturated rings. The summed E-state index contributed by atoms with van der Waals surface area (Å²) in [6, 6.07) is 0. The Kier molecular flexibility index (Phi) is 3.79. The van der Waals surface area contributed by atoms with Crippen LogP contribution in [-0.4, -0.2) is 19.0 Å². The molecule has 3 atom stereocenters. The van der Waals surface area contributed by atoms with E-state index in [0.717, 1.165) is 44.8 Å². The summed E-state index contributed by atoms with van der Waals surface area (Å²) >= 11 is 0. The summed E-state index contributed by atoms with van der Waals surface area (Å²) in [6.07, 6.45) is 6.61. The second kappa shape index (κ2) is 5.11. The van der Waals surface area contributed by atoms with Gasteiger partial charge in [-0.25, -0.2) is 0 Å². The third-order valence-corrected chi connectivity index (χ3v) is 4.09. The van der Waals surface area contributed by atoms with Gasteiger partial charge < -0.3 is 4.74 Å². The van der Waals surface area contributed by atoms with Gasteiger partial charge in [0.25, 0.3) is 0 Å². The van der Waals surface area contributed by atoms with Gasteiger partial charge in [-0.05, 0) is 37.5 Å². The first-order valence-corrected chi connectivity index (χ1v) is 6.40. The number of ether oxygens (including phenoxy) is 1. The Balaban J connectivity index is 1.85. The lowest BCUT2D eigenvalue weighted by atomic mass is 9.75. The SMILES string of the molecule is CCC1CCC(=O)C(CC2CCOC2)C1. The fourth-order valence-corrected chi connectivity index (χ4v) is 2.97. The summed E-state index contributed by atoms with van der Waals surface area (Å²) in [4.78, 5) is 11.8. The Morgan fingerprint density at radius 1 is 1.33 bits per heavy atom. The van der Waals surface area contributed by atoms with Crippen molar-refractivity contribution in [1.82, 2.24) is 0 Å². The first-order chi connectivity index (χ1) is 7.29. The lowest BCUT2D eigenvalue weighted by molar-refractivity contribution is -0.126. The molecule has 0 aromatic rings. The maximum atomic E-state index is 11.8. The van der Waals surface area contributed by atoms with Crippen molar-refractivity contribution >= 4 is 5.78 Å². The molecule has 0 N–H and O–H groups in total. The first kappa shape index (κ1) is 11.1. The smallest absolute Gasteiger partial charge is 0.136 e. The Labute approximate surface area is 92.4 Å². The third kappa shape index (κ3) is 2.81. The molecular weight excluding hydrogens is 188 g/mol. The second-order valence-corrected chi connectivity index (χ2v) is 5.18. The zero-order chi connectivity index (χ0) is 10.7. The zero-order valence-corrected chi connectivity index (χ0v) is 9.71. The number of hydrogen-bond donors (Lipinski definition) is 0. The molecule has 0 aromatic carbocycles. The van der Waals surface area contributed by atoms with Gasteiger partial charge in [-0.3, -0.25) is 4.79 Å². The van der Waals surface area contributed by atoms with Crippen LogP contribution in [0, 0.1) is 17.8 Å². The van der Waals surface area contributed by atoms with Crippen molar-refractivity contribution in [3.05, 3.63) is 0 Å². The molecular formula is C13H22O2. The summed E-state index contributed by atoms with van der Waals surface area (Å²) in [5, 5.41) is 0. The molecule has 0 amide bonds. The number of carbonyl (C=O) groups is 1. The van der Waals surface area contributed by atoms with Gasteiger partial charge >= 0.3 is 0 Å². The number of ketones is 1. The first-order valence-electron chi connectivity index (χ1n) is 6.40. The Bertz CT molecular complexity index is 219. The predicted octanol–water partition coefficient (Wildman–Crippen LogP) is 2.81. The van der Waals surface area contributed by atoms with Crippen LogP contribution < -0.4 is 0 Å². The summed E-state index contributed by atoms with van der Waals surface area (Å²) in [5.74, 6) is 2.34. The topological polar surface area (TPSA) is 26.3 Å². The molecule has 2 heteroatoms. The van der Waals surface area contributed by atoms with Gasteiger partial charge in [0.05, 0.1) is 0 Å². The van der Waals surface area contributed by atoms with Crippen LogP contribution in [0.2, 0.25) is 0 Å². The Morgan fingerprint density at radius 2 is 2.20 bits per heavy atom. The fraction of sp³-hybridized carbons (Fsp3) is 0.923. The van der Waals surface area contributed by atoms with E-state index in [1.807, 2.05) is 0 Å². The highest BCUT2D eigenvalue weighted by atomic mass is 16.5. The van der Waals surface area contributed by atoms with E-state index < -0.39 is 0 Å². The minimum atomic E-state index is 0.357. The van der Waals surface area contributed by atoms with E-state index in [2.05, 4.69) is 6.92 Å². The maximum Gasteiger partial charge on any atom is 0.136 e. The van der Waals surface area contributed by atoms with Crippen LogP contribution in [0.15, 0.2) is 0 Å². The molecule has 1 saturated carbocycles. The second-order valence-electron chi connectivity index (χ2n) is 5.18. The lowest BCUT2D eigenvalue weighted by Crippen LogP contribution is -2.26. The molecule has 15 heavy (non-hydrogen) atoms. The van der Waals surface area contributed by atoms with E-state index in [1.165, 1.54) is 12.8 Å². The van der Waals surface area contributed by atoms with Crippen molar-refractivity contribution in [3.8, 4) is 0 Å². The van der Waals surface area contributed by atoms with E-state index in [1.54, 1.807) is 0 Å². The standard InChI is InChI=1S/C13H22O2/c1-2-10-3-4-13(14)12(7-10)8-11-5-6-15-9-11/h10-12H,2-9H2,1H3. The molecule has 2 nitrogen and oxygen atoms in total. The largest absolute Gasteiger partial charge is 0.381 e. The normalized spacial score (nSPS) is 37.1. The van der Waals surface area contributed by atoms with Crippen LogP contribution in [0.4, 0.5) is 0 Å². The van der Waals surface area contributed by atoms with Crippen molar-refractivity contribution in [2.75, 3.05) is 13.2 Å². The minimum Gasteiger partial charge on any atom is -0.381 e. The highest BCUT2D eigenvalue weighted by molar-refractivity contribution is 5.81. The third-order valence-electron chi connectivity index (χ3n) is 4.09. The molecule has 2 aliphatic rings. The van der Waals surface area contributed by atoms with Crippen LogP contribution >= 0.6 is 0 Å². The highest BCUT2D eigenvalue weighted by Crippen LogP contribution is 2.34. The molecule has 1 heterocycles. The average Bonchev–Trinajstić information content (AvgIpc) is 2.74. The van der Waals surface area contributed by atoms with Crippen molar-refractivity contribution in [1.29, 1.82) is 0 Å². The summed E-state index contributed by atoms with van der Waals surface area (Å²) in [5.41, 5.74) is 0. The Morgan fingerprint density at radius 3 is 2.87 bits per heavy atom. The van der Waals surface area contributed by atoms with E-state index in [4.69, 9.17) is 4.74 Å². The monoisotopic (exact) mass is 210 g/mol. The van der Waals surface area contributed by atoms with Crippen LogP contribution in [0.3, 0.4) is 0 Å². The maximum absolute atomic E-state index is 11.8. The van der Waals surface area contributed by atoms with E-state index in [-0.39, 0.29) is 0 Å². The van der Waals surface area contributed by atoms with Crippen molar-refractivity contribution in [3.63, 3.8) is 0 Å². The van der Waals surface area contributed by atoms with Crippen molar-refractivity contribution in [2.45, 2.75) is 45.4 Å². The van der Waals surface area contributed by atoms with Gasteiger partial charge in [0.15, 0.2) is 0 Å². The highest BCUT2D eigenvalue weighted by Gasteiger charge is 2.30. The number of rotatable bonds is 3. The molecule has 86 valence electrons. The molecule has 0 radical (unpaired) electrons. The molecule has 3 unspecified atom stereocenters. The van der Waals surface area contributed by atoms with Gasteiger partial charge in [0.2, 0.25) is 0 Å². The molecule has 1 saturated heterocycles. The van der Waals surface area contributed by atoms with Crippen LogP contribution in [0.1, 0.15) is 45.4 Å². The quantitative estimate of drug-likeness (QED) is 0.716. The molecule has 0 aromatic heterocycles. The van der Waals surface area contributed by atoms with Crippen LogP contribution in [0.25, 0.3) is 0 Å². The van der Waals surface area contributed by atoms with E-state index in [0.29, 0.717) is 17.6 Å². The van der Waals surface area contributed by atoms with Crippen molar-refractivity contribution < 1.29 is 9.53 Å². The predicted molar refractivity (Wildman–Crippen MR) is 59.7 cm³/mol. The molecule has 2 rings (SSSR count). The summed E-state index contributed by atoms with van der Waals surface area (Å²) in [6.45, 7) is 4.04. The summed E-state index contributed by atoms with van der Waals surface area (Å²) < 4.78 is 5.38. The van der Waals surface area contributed by atoms with Crippen LogP contribution in [-0.2, 0) is 9.53 Å². The lowest BCUT2D eigenvalue weighted by Gasteiger charge is -2.28. The van der Waals surface area contributed by atoms with E-state index in [9.17, 15) is 4.79 Å². The fourth-order valence-electron chi connectivity index (χ4n) is 2.97. The van der Waals surface area contributed by atoms with E-state index >= 15 is 0 Å². The van der Waals surface area contributed by atoms with Gasteiger partial charge in [-0.1, -0.05) is 13.3 Å². The van der Waals surface area contributed by atoms with Gasteiger partial charge in [0, 0.05) is 25.6 Å². The molecule has 1 aliphatic carbocycles. The molecule has 1 aliphatic heterocycles. The summed E-state index contributed by atoms with van der Waals surface area (Å²) in [7, 11) is 0. The minimum absolute atomic E-state index is 0.357. The Hall–Kier alpha value is -0.370. The van der Waals surface area contributed by atoms with Crippen molar-refractivity contribution in [2.24, 2.45) is 17.8 Å². The van der Waals surface area contributed by atoms with Gasteiger partial charge in [-0.15, -0.1) is 0 Å². The molecule has 0 bridgehead atoms. The zero-order valence-electron chi connectivity index (χ0n) is 9.71. The number of carbonyl (C=O) groups excluding carboxylic acids is 1. The molecule has 0 spiro atoms.